The molecule has 0 aliphatic carbocycles. The highest BCUT2D eigenvalue weighted by molar-refractivity contribution is 6.19. The van der Waals surface area contributed by atoms with E-state index in [9.17, 15) is 43.2 Å². The maximum atomic E-state index is 14.5. The number of imide groups is 1. The third-order valence-corrected chi connectivity index (χ3v) is 15.6. The number of carbonyl (C=O) groups is 9. The molecule has 0 spiro atoms. The smallest absolute Gasteiger partial charge is 0.409 e. The Morgan fingerprint density at radius 3 is 2.10 bits per heavy atom. The summed E-state index contributed by atoms with van der Waals surface area (Å²) in [6, 6.07) is 19.9. The zero-order chi connectivity index (χ0) is 57.6. The predicted octanol–water partition coefficient (Wildman–Crippen LogP) is 7.00. The van der Waals surface area contributed by atoms with Gasteiger partial charge in [0.25, 0.3) is 23.6 Å². The average Bonchev–Trinajstić information content (AvgIpc) is 3.66. The molecule has 9 rings (SSSR count). The second kappa shape index (κ2) is 25.1. The number of halogens is 1. The molecular formula is C60H69ClN10O10. The Kier molecular flexibility index (Phi) is 17.9. The highest BCUT2D eigenvalue weighted by atomic mass is 35.5. The van der Waals surface area contributed by atoms with E-state index in [1.54, 1.807) is 64.4 Å². The number of rotatable bonds is 19. The Balaban J connectivity index is 0.813. The van der Waals surface area contributed by atoms with Crippen LogP contribution in [0.1, 0.15) is 98.5 Å². The third kappa shape index (κ3) is 13.2. The van der Waals surface area contributed by atoms with E-state index in [0.29, 0.717) is 84.0 Å². The molecule has 9 amide bonds. The molecule has 426 valence electrons. The molecule has 5 N–H and O–H groups in total. The first-order chi connectivity index (χ1) is 38.8. The molecule has 20 nitrogen and oxygen atoms in total. The second-order valence-electron chi connectivity index (χ2n) is 22.2. The van der Waals surface area contributed by atoms with Crippen LogP contribution in [0, 0.1) is 11.8 Å². The molecule has 2 fully saturated rings. The van der Waals surface area contributed by atoms with Crippen molar-refractivity contribution >= 4 is 104 Å². The van der Waals surface area contributed by atoms with Gasteiger partial charge in [0.15, 0.2) is 0 Å². The molecule has 4 aliphatic heterocycles. The lowest BCUT2D eigenvalue weighted by Crippen LogP contribution is -2.56. The number of likely N-dealkylation sites (N-methyl/N-ethyl adjacent to an activating group) is 1. The van der Waals surface area contributed by atoms with Gasteiger partial charge in [0.05, 0.1) is 5.69 Å². The van der Waals surface area contributed by atoms with Gasteiger partial charge in [-0.25, -0.2) is 4.79 Å². The molecule has 5 heterocycles. The predicted molar refractivity (Wildman–Crippen MR) is 308 cm³/mol. The summed E-state index contributed by atoms with van der Waals surface area (Å²) in [6.45, 7) is 11.0. The molecule has 1 aromatic heterocycles. The fourth-order valence-corrected chi connectivity index (χ4v) is 11.3. The fraction of sp³-hybridized carbons (Fsp3) is 0.417. The minimum absolute atomic E-state index is 0.00760. The van der Waals surface area contributed by atoms with Crippen molar-refractivity contribution in [2.24, 2.45) is 11.8 Å². The van der Waals surface area contributed by atoms with Gasteiger partial charge < -0.3 is 50.6 Å². The third-order valence-electron chi connectivity index (χ3n) is 15.3. The monoisotopic (exact) mass is 1120 g/mol. The summed E-state index contributed by atoms with van der Waals surface area (Å²) in [5, 5.41) is 13.8. The summed E-state index contributed by atoms with van der Waals surface area (Å²) in [5.74, 6) is -2.95. The van der Waals surface area contributed by atoms with Crippen LogP contribution >= 0.6 is 11.6 Å². The number of hydrogen-bond acceptors (Lipinski definition) is 11. The fourth-order valence-electron chi connectivity index (χ4n) is 11.0. The van der Waals surface area contributed by atoms with E-state index in [1.807, 2.05) is 59.0 Å². The van der Waals surface area contributed by atoms with Crippen LogP contribution in [0.4, 0.5) is 21.9 Å². The molecule has 5 aromatic rings. The van der Waals surface area contributed by atoms with E-state index in [-0.39, 0.29) is 67.7 Å². The normalized spacial score (nSPS) is 18.0. The van der Waals surface area contributed by atoms with E-state index < -0.39 is 59.7 Å². The lowest BCUT2D eigenvalue weighted by molar-refractivity contribution is -0.140. The number of H-pyrrole nitrogens is 1. The van der Waals surface area contributed by atoms with Crippen molar-refractivity contribution in [3.05, 3.63) is 108 Å². The Morgan fingerprint density at radius 1 is 0.753 bits per heavy atom. The van der Waals surface area contributed by atoms with E-state index in [2.05, 4.69) is 31.2 Å². The van der Waals surface area contributed by atoms with Crippen molar-refractivity contribution in [3.8, 4) is 5.75 Å². The van der Waals surface area contributed by atoms with Crippen molar-refractivity contribution in [2.75, 3.05) is 74.3 Å². The van der Waals surface area contributed by atoms with Crippen LogP contribution in [0.25, 0.3) is 21.7 Å². The van der Waals surface area contributed by atoms with Crippen LogP contribution in [0.15, 0.2) is 91.0 Å². The van der Waals surface area contributed by atoms with Gasteiger partial charge >= 0.3 is 6.09 Å². The van der Waals surface area contributed by atoms with Crippen LogP contribution in [0.2, 0.25) is 0 Å². The number of benzene rings is 4. The Bertz CT molecular complexity index is 3280. The summed E-state index contributed by atoms with van der Waals surface area (Å²) in [6.07, 6.45) is 3.76. The van der Waals surface area contributed by atoms with Gasteiger partial charge in [0, 0.05) is 115 Å². The number of fused-ring (bicyclic) bond motifs is 4. The van der Waals surface area contributed by atoms with Gasteiger partial charge in [-0.15, -0.1) is 11.6 Å². The molecule has 0 saturated carbocycles. The highest BCUT2D eigenvalue weighted by Gasteiger charge is 2.39. The molecule has 2 saturated heterocycles. The molecule has 4 aromatic carbocycles. The number of hydrogen-bond donors (Lipinski definition) is 5. The number of anilines is 3. The van der Waals surface area contributed by atoms with Gasteiger partial charge in [-0.05, 0) is 110 Å². The second-order valence-corrected chi connectivity index (χ2v) is 22.5. The zero-order valence-electron chi connectivity index (χ0n) is 46.2. The van der Waals surface area contributed by atoms with Gasteiger partial charge in [-0.1, -0.05) is 52.0 Å². The lowest BCUT2D eigenvalue weighted by atomic mass is 9.95. The van der Waals surface area contributed by atoms with Gasteiger partial charge in [-0.2, -0.15) is 0 Å². The zero-order valence-corrected chi connectivity index (χ0v) is 47.0. The van der Waals surface area contributed by atoms with Crippen LogP contribution < -0.4 is 30.9 Å². The number of alkyl halides is 1. The number of aromatic nitrogens is 1. The number of likely N-dealkylation sites (tertiary alicyclic amines) is 1. The van der Waals surface area contributed by atoms with Crippen LogP contribution in [0.5, 0.6) is 5.75 Å². The summed E-state index contributed by atoms with van der Waals surface area (Å²) in [5.41, 5.74) is 3.67. The maximum absolute atomic E-state index is 14.5. The minimum Gasteiger partial charge on any atom is -0.409 e. The van der Waals surface area contributed by atoms with Crippen molar-refractivity contribution < 1.29 is 47.9 Å². The quantitative estimate of drug-likeness (QED) is 0.0417. The number of carbonyl (C=O) groups excluding carboxylic acids is 9. The van der Waals surface area contributed by atoms with Gasteiger partial charge in [0.2, 0.25) is 23.6 Å². The Morgan fingerprint density at radius 2 is 1.42 bits per heavy atom. The summed E-state index contributed by atoms with van der Waals surface area (Å²) >= 11 is 6.57. The van der Waals surface area contributed by atoms with E-state index in [4.69, 9.17) is 16.3 Å². The van der Waals surface area contributed by atoms with Crippen molar-refractivity contribution in [1.82, 2.24) is 35.2 Å². The van der Waals surface area contributed by atoms with Crippen molar-refractivity contribution in [2.45, 2.75) is 90.3 Å². The van der Waals surface area contributed by atoms with E-state index >= 15 is 0 Å². The number of nitrogens with zero attached hydrogens (tertiary/aromatic N) is 5. The summed E-state index contributed by atoms with van der Waals surface area (Å²) < 4.78 is 6.06. The Hall–Kier alpha value is -8.10. The Labute approximate surface area is 474 Å². The highest BCUT2D eigenvalue weighted by Crippen LogP contribution is 2.46. The molecule has 21 heteroatoms. The number of ether oxygens (including phenoxy) is 1. The first-order valence-electron chi connectivity index (χ1n) is 27.7. The van der Waals surface area contributed by atoms with E-state index in [0.717, 1.165) is 34.3 Å². The number of piperazine rings is 1. The van der Waals surface area contributed by atoms with Gasteiger partial charge in [-0.3, -0.25) is 43.3 Å². The van der Waals surface area contributed by atoms with E-state index in [1.165, 1.54) is 17.1 Å². The lowest BCUT2D eigenvalue weighted by Gasteiger charge is -2.31. The average molecular weight is 1130 g/mol. The topological polar surface area (TPSA) is 243 Å². The van der Waals surface area contributed by atoms with Crippen LogP contribution in [0.3, 0.4) is 0 Å². The van der Waals surface area contributed by atoms with Gasteiger partial charge in [0.1, 0.15) is 29.6 Å². The number of nitrogens with one attached hydrogen (secondary N) is 5. The van der Waals surface area contributed by atoms with Crippen molar-refractivity contribution in [1.29, 1.82) is 0 Å². The number of aromatic amines is 1. The molecular weight excluding hydrogens is 1060 g/mol. The van der Waals surface area contributed by atoms with Crippen molar-refractivity contribution in [3.63, 3.8) is 0 Å². The summed E-state index contributed by atoms with van der Waals surface area (Å²) in [4.78, 5) is 132. The molecule has 0 radical (unpaired) electrons. The molecule has 0 unspecified atom stereocenters. The summed E-state index contributed by atoms with van der Waals surface area (Å²) in [7, 11) is 2.01. The first kappa shape index (κ1) is 57.6. The SMILES string of the molecule is CC(C)C[C@H](NC(=O)[C@H](CC(C)C)NC(=O)[C@@H]1CCCN1C(=O)CCCN1C(=O)C=CC1=O)C(=O)Nc1ccc(C(=O)Nc2ccc3[nH]c(C(=O)N4C[C@@H](CCl)c5c4cc(OC(=O)N4CCN(C)CC4)c4ccccc54)cc3c2)cc1. The standard InChI is InChI=1S/C60H69ClN10O10/c1-35(2)28-45(65-57(77)46(29-36(3)4)66-58(78)48-12-8-22-69(48)51(72)13-9-23-70-52(73)20-21-53(70)74)56(76)62-40-16-14-37(15-17-40)55(75)63-41-18-19-44-38(30-41)31-47(64-44)59(79)71-34-39(33-61)54-43-11-7-6-10-42(43)50(32-49(54)71)81-60(80)68-26-24-67(5)25-27-68/h6-7,10-11,14-21,30-32,35-36,39,45-46,48,64H,8-9,12-13,22-29,33-34H2,1-5H3,(H,62,76)(H,63,75)(H,65,77)(H,66,78)/t39-,45+,46+,48+/m1/s1. The molecule has 0 bridgehead atoms. The molecule has 81 heavy (non-hydrogen) atoms. The minimum atomic E-state index is -1.00. The largest absolute Gasteiger partial charge is 0.415 e. The molecule has 4 aliphatic rings. The maximum Gasteiger partial charge on any atom is 0.415 e. The number of amides is 9. The first-order valence-corrected chi connectivity index (χ1v) is 28.3. The molecule has 4 atom stereocenters. The van der Waals surface area contributed by atoms with Crippen LogP contribution in [-0.2, 0) is 28.8 Å². The van der Waals surface area contributed by atoms with Crippen LogP contribution in [-0.4, -0.2) is 155 Å².